The molecule has 0 aromatic heterocycles. The minimum Gasteiger partial charge on any atom is -0.478 e. The van der Waals surface area contributed by atoms with E-state index in [9.17, 15) is 9.90 Å². The molecule has 0 aliphatic heterocycles. The van der Waals surface area contributed by atoms with E-state index in [1.54, 1.807) is 7.11 Å². The van der Waals surface area contributed by atoms with Gasteiger partial charge in [0.1, 0.15) is 0 Å². The van der Waals surface area contributed by atoms with Gasteiger partial charge in [-0.2, -0.15) is 0 Å². The van der Waals surface area contributed by atoms with Crippen LogP contribution in [0.15, 0.2) is 6.07 Å². The second-order valence-electron chi connectivity index (χ2n) is 8.77. The molecule has 0 radical (unpaired) electrons. The van der Waals surface area contributed by atoms with Crippen LogP contribution in [0.4, 0.5) is 0 Å². The molecule has 0 saturated heterocycles. The Morgan fingerprint density at radius 2 is 1.55 bits per heavy atom. The molecule has 0 spiro atoms. The van der Waals surface area contributed by atoms with Crippen molar-refractivity contribution < 1.29 is 14.6 Å². The van der Waals surface area contributed by atoms with Crippen molar-refractivity contribution in [1.29, 1.82) is 0 Å². The molecule has 0 aliphatic carbocycles. The van der Waals surface area contributed by atoms with E-state index in [0.717, 1.165) is 56.4 Å². The first-order valence-corrected chi connectivity index (χ1v) is 11.8. The standard InChI is InChI=1S/C26H44O3/c1-6-8-14-21-19-25(26(27)28)24(17-18-29-5)23(15-9-7-2)22(21)16-12-10-11-13-20(3)4/h19-20H,6-18H2,1-5H3,(H,27,28). The number of rotatable bonds is 16. The molecular weight excluding hydrogens is 360 g/mol. The summed E-state index contributed by atoms with van der Waals surface area (Å²) in [6.07, 6.45) is 13.2. The molecule has 3 heteroatoms. The van der Waals surface area contributed by atoms with Gasteiger partial charge in [-0.3, -0.25) is 0 Å². The second kappa shape index (κ2) is 14.6. The van der Waals surface area contributed by atoms with Crippen molar-refractivity contribution in [2.45, 2.75) is 105 Å². The van der Waals surface area contributed by atoms with E-state index in [0.29, 0.717) is 18.6 Å². The quantitative estimate of drug-likeness (QED) is 0.301. The number of aryl methyl sites for hydroxylation is 1. The molecule has 166 valence electrons. The number of hydrogen-bond donors (Lipinski definition) is 1. The van der Waals surface area contributed by atoms with Crippen LogP contribution in [0, 0.1) is 5.92 Å². The van der Waals surface area contributed by atoms with Crippen molar-refractivity contribution in [2.24, 2.45) is 5.92 Å². The summed E-state index contributed by atoms with van der Waals surface area (Å²) in [4.78, 5) is 12.1. The maximum atomic E-state index is 12.1. The van der Waals surface area contributed by atoms with E-state index in [1.165, 1.54) is 42.4 Å². The van der Waals surface area contributed by atoms with Gasteiger partial charge in [-0.05, 0) is 79.2 Å². The van der Waals surface area contributed by atoms with Gasteiger partial charge in [-0.1, -0.05) is 59.8 Å². The summed E-state index contributed by atoms with van der Waals surface area (Å²) < 4.78 is 5.32. The molecule has 1 rings (SSSR count). The SMILES string of the molecule is CCCCc1cc(C(=O)O)c(CCOC)c(CCCC)c1CCCCCC(C)C. The summed E-state index contributed by atoms with van der Waals surface area (Å²) in [5.74, 6) is -0.0270. The molecule has 1 aromatic carbocycles. The van der Waals surface area contributed by atoms with Gasteiger partial charge in [-0.15, -0.1) is 0 Å². The second-order valence-corrected chi connectivity index (χ2v) is 8.77. The molecule has 3 nitrogen and oxygen atoms in total. The van der Waals surface area contributed by atoms with Gasteiger partial charge >= 0.3 is 5.97 Å². The Bertz CT molecular complexity index is 604. The Kier molecular flexibility index (Phi) is 12.9. The van der Waals surface area contributed by atoms with Crippen LogP contribution in [0.25, 0.3) is 0 Å². The highest BCUT2D eigenvalue weighted by Crippen LogP contribution is 2.29. The monoisotopic (exact) mass is 404 g/mol. The molecule has 0 bridgehead atoms. The Morgan fingerprint density at radius 3 is 2.14 bits per heavy atom. The number of carbonyl (C=O) groups is 1. The molecule has 1 aromatic rings. The average Bonchev–Trinajstić information content (AvgIpc) is 2.69. The van der Waals surface area contributed by atoms with Gasteiger partial charge in [-0.25, -0.2) is 4.79 Å². The van der Waals surface area contributed by atoms with Crippen LogP contribution >= 0.6 is 0 Å². The zero-order valence-corrected chi connectivity index (χ0v) is 19.6. The number of methoxy groups -OCH3 is 1. The number of benzene rings is 1. The molecule has 0 amide bonds. The van der Waals surface area contributed by atoms with Gasteiger partial charge in [0.05, 0.1) is 12.2 Å². The number of ether oxygens (including phenoxy) is 1. The molecule has 0 fully saturated rings. The molecule has 1 N–H and O–H groups in total. The van der Waals surface area contributed by atoms with Crippen molar-refractivity contribution in [3.63, 3.8) is 0 Å². The third kappa shape index (κ3) is 8.90. The fraction of sp³-hybridized carbons (Fsp3) is 0.731. The first kappa shape index (κ1) is 25.7. The van der Waals surface area contributed by atoms with Crippen LogP contribution in [0.1, 0.15) is 112 Å². The lowest BCUT2D eigenvalue weighted by molar-refractivity contribution is 0.0695. The van der Waals surface area contributed by atoms with Crippen molar-refractivity contribution >= 4 is 5.97 Å². The summed E-state index contributed by atoms with van der Waals surface area (Å²) in [6.45, 7) is 9.56. The van der Waals surface area contributed by atoms with Crippen molar-refractivity contribution in [3.8, 4) is 0 Å². The Morgan fingerprint density at radius 1 is 0.897 bits per heavy atom. The maximum Gasteiger partial charge on any atom is 0.335 e. The molecule has 0 atom stereocenters. The van der Waals surface area contributed by atoms with Gasteiger partial charge in [0, 0.05) is 7.11 Å². The fourth-order valence-electron chi connectivity index (χ4n) is 4.16. The van der Waals surface area contributed by atoms with Crippen LogP contribution in [0.5, 0.6) is 0 Å². The third-order valence-corrected chi connectivity index (χ3v) is 5.83. The van der Waals surface area contributed by atoms with Crippen molar-refractivity contribution in [3.05, 3.63) is 33.9 Å². The summed E-state index contributed by atoms with van der Waals surface area (Å²) >= 11 is 0. The van der Waals surface area contributed by atoms with Crippen molar-refractivity contribution in [2.75, 3.05) is 13.7 Å². The molecule has 29 heavy (non-hydrogen) atoms. The number of aromatic carboxylic acids is 1. The molecule has 0 unspecified atom stereocenters. The van der Waals surface area contributed by atoms with Crippen LogP contribution < -0.4 is 0 Å². The largest absolute Gasteiger partial charge is 0.478 e. The molecule has 0 heterocycles. The highest BCUT2D eigenvalue weighted by molar-refractivity contribution is 5.90. The smallest absolute Gasteiger partial charge is 0.335 e. The summed E-state index contributed by atoms with van der Waals surface area (Å²) in [5, 5.41) is 9.91. The van der Waals surface area contributed by atoms with E-state index >= 15 is 0 Å². The average molecular weight is 405 g/mol. The molecule has 0 saturated carbocycles. The summed E-state index contributed by atoms with van der Waals surface area (Å²) in [5.41, 5.74) is 5.57. The van der Waals surface area contributed by atoms with E-state index < -0.39 is 5.97 Å². The van der Waals surface area contributed by atoms with Crippen molar-refractivity contribution in [1.82, 2.24) is 0 Å². The number of carboxylic acid groups (broad SMARTS) is 1. The zero-order valence-electron chi connectivity index (χ0n) is 19.6. The first-order chi connectivity index (χ1) is 14.0. The lowest BCUT2D eigenvalue weighted by Crippen LogP contribution is -2.14. The van der Waals surface area contributed by atoms with Crippen LogP contribution in [0.2, 0.25) is 0 Å². The predicted octanol–water partition coefficient (Wildman–Crippen LogP) is 7.02. The Balaban J connectivity index is 3.29. The lowest BCUT2D eigenvalue weighted by atomic mass is 9.83. The fourth-order valence-corrected chi connectivity index (χ4v) is 4.16. The maximum absolute atomic E-state index is 12.1. The number of carboxylic acids is 1. The highest BCUT2D eigenvalue weighted by atomic mass is 16.5. The van der Waals surface area contributed by atoms with Crippen LogP contribution in [-0.4, -0.2) is 24.8 Å². The van der Waals surface area contributed by atoms with Gasteiger partial charge in [0.15, 0.2) is 0 Å². The third-order valence-electron chi connectivity index (χ3n) is 5.83. The predicted molar refractivity (Wildman–Crippen MR) is 123 cm³/mol. The highest BCUT2D eigenvalue weighted by Gasteiger charge is 2.20. The molecule has 0 aliphatic rings. The van der Waals surface area contributed by atoms with E-state index in [2.05, 4.69) is 27.7 Å². The van der Waals surface area contributed by atoms with E-state index in [-0.39, 0.29) is 0 Å². The number of hydrogen-bond acceptors (Lipinski definition) is 2. The Hall–Kier alpha value is -1.35. The van der Waals surface area contributed by atoms with Gasteiger partial charge < -0.3 is 9.84 Å². The first-order valence-electron chi connectivity index (χ1n) is 11.8. The molecular formula is C26H44O3. The van der Waals surface area contributed by atoms with Crippen LogP contribution in [-0.2, 0) is 30.4 Å². The zero-order chi connectivity index (χ0) is 21.6. The minimum atomic E-state index is -0.796. The van der Waals surface area contributed by atoms with E-state index in [4.69, 9.17) is 4.74 Å². The summed E-state index contributed by atoms with van der Waals surface area (Å²) in [7, 11) is 1.69. The number of unbranched alkanes of at least 4 members (excludes halogenated alkanes) is 4. The lowest BCUT2D eigenvalue weighted by Gasteiger charge is -2.22. The topological polar surface area (TPSA) is 46.5 Å². The minimum absolute atomic E-state index is 0.503. The summed E-state index contributed by atoms with van der Waals surface area (Å²) in [6, 6.07) is 1.99. The van der Waals surface area contributed by atoms with Gasteiger partial charge in [0.2, 0.25) is 0 Å². The van der Waals surface area contributed by atoms with Gasteiger partial charge in [0.25, 0.3) is 0 Å². The normalized spacial score (nSPS) is 11.4. The van der Waals surface area contributed by atoms with E-state index in [1.807, 2.05) is 6.07 Å². The Labute approximate surface area is 179 Å². The van der Waals surface area contributed by atoms with Crippen LogP contribution in [0.3, 0.4) is 0 Å².